The summed E-state index contributed by atoms with van der Waals surface area (Å²) in [5.41, 5.74) is 2.81. The van der Waals surface area contributed by atoms with Gasteiger partial charge in [0.25, 0.3) is 0 Å². The predicted molar refractivity (Wildman–Crippen MR) is 75.0 cm³/mol. The van der Waals surface area contributed by atoms with Crippen LogP contribution in [0.15, 0.2) is 29.2 Å². The van der Waals surface area contributed by atoms with Crippen LogP contribution in [-0.4, -0.2) is 40.0 Å². The van der Waals surface area contributed by atoms with E-state index in [0.29, 0.717) is 18.2 Å². The summed E-state index contributed by atoms with van der Waals surface area (Å²) in [4.78, 5) is 2.39. The maximum absolute atomic E-state index is 12.2. The third-order valence-corrected chi connectivity index (χ3v) is 4.86. The Kier molecular flexibility index (Phi) is 4.41. The molecule has 1 fully saturated rings. The number of nitrogens with one attached hydrogen (secondary N) is 2. The number of hydrogen-bond acceptors (Lipinski definition) is 5. The van der Waals surface area contributed by atoms with Gasteiger partial charge in [-0.15, -0.1) is 0 Å². The number of nitrogens with two attached hydrogens (primary N) is 1. The van der Waals surface area contributed by atoms with Crippen LogP contribution < -0.4 is 16.0 Å². The van der Waals surface area contributed by atoms with Crippen molar-refractivity contribution in [2.24, 2.45) is 11.8 Å². The molecule has 0 amide bonds. The Labute approximate surface area is 114 Å². The Bertz CT molecular complexity index is 532. The number of anilines is 1. The number of hydrogen-bond donors (Lipinski definition) is 3. The summed E-state index contributed by atoms with van der Waals surface area (Å²) in [5.74, 6) is 5.71. The third kappa shape index (κ3) is 3.44. The maximum Gasteiger partial charge on any atom is 0.242 e. The first-order chi connectivity index (χ1) is 9.03. The molecule has 106 valence electrons. The van der Waals surface area contributed by atoms with E-state index in [-0.39, 0.29) is 4.90 Å². The minimum absolute atomic E-state index is 0.184. The molecule has 0 bridgehead atoms. The van der Waals surface area contributed by atoms with Gasteiger partial charge in [0, 0.05) is 13.1 Å². The summed E-state index contributed by atoms with van der Waals surface area (Å²) < 4.78 is 27.1. The SMILES string of the molecule is CN1CCC(CNS(=O)(=O)c2ccccc2NN)C1. The summed E-state index contributed by atoms with van der Waals surface area (Å²) >= 11 is 0. The fourth-order valence-electron chi connectivity index (χ4n) is 2.32. The molecule has 1 saturated heterocycles. The van der Waals surface area contributed by atoms with Crippen molar-refractivity contribution in [1.82, 2.24) is 9.62 Å². The van der Waals surface area contributed by atoms with Gasteiger partial charge in [0.2, 0.25) is 10.0 Å². The Morgan fingerprint density at radius 3 is 2.79 bits per heavy atom. The molecule has 19 heavy (non-hydrogen) atoms. The van der Waals surface area contributed by atoms with E-state index >= 15 is 0 Å². The quantitative estimate of drug-likeness (QED) is 0.531. The highest BCUT2D eigenvalue weighted by atomic mass is 32.2. The molecular formula is C12H20N4O2S. The largest absolute Gasteiger partial charge is 0.323 e. The van der Waals surface area contributed by atoms with E-state index in [9.17, 15) is 8.42 Å². The van der Waals surface area contributed by atoms with Crippen molar-refractivity contribution < 1.29 is 8.42 Å². The van der Waals surface area contributed by atoms with Crippen LogP contribution >= 0.6 is 0 Å². The molecule has 6 nitrogen and oxygen atoms in total. The molecule has 0 saturated carbocycles. The zero-order chi connectivity index (χ0) is 13.9. The smallest absolute Gasteiger partial charge is 0.242 e. The number of nitrogens with zero attached hydrogens (tertiary/aromatic N) is 1. The van der Waals surface area contributed by atoms with Gasteiger partial charge in [0.05, 0.1) is 5.69 Å². The minimum Gasteiger partial charge on any atom is -0.323 e. The Balaban J connectivity index is 2.06. The molecule has 1 heterocycles. The topological polar surface area (TPSA) is 87.5 Å². The molecule has 0 spiro atoms. The van der Waals surface area contributed by atoms with Crippen LogP contribution in [0.4, 0.5) is 5.69 Å². The molecule has 1 unspecified atom stereocenters. The molecule has 0 aromatic heterocycles. The van der Waals surface area contributed by atoms with Crippen molar-refractivity contribution in [3.63, 3.8) is 0 Å². The molecule has 2 rings (SSSR count). The second-order valence-electron chi connectivity index (χ2n) is 4.91. The van der Waals surface area contributed by atoms with Crippen LogP contribution in [0.2, 0.25) is 0 Å². The van der Waals surface area contributed by atoms with Crippen LogP contribution in [0.5, 0.6) is 0 Å². The Morgan fingerprint density at radius 1 is 1.42 bits per heavy atom. The van der Waals surface area contributed by atoms with E-state index in [1.54, 1.807) is 18.2 Å². The summed E-state index contributed by atoms with van der Waals surface area (Å²) in [6.45, 7) is 2.41. The van der Waals surface area contributed by atoms with Crippen molar-refractivity contribution in [1.29, 1.82) is 0 Å². The fraction of sp³-hybridized carbons (Fsp3) is 0.500. The van der Waals surface area contributed by atoms with E-state index in [1.807, 2.05) is 7.05 Å². The molecule has 1 aliphatic rings. The van der Waals surface area contributed by atoms with Crippen molar-refractivity contribution in [2.45, 2.75) is 11.3 Å². The van der Waals surface area contributed by atoms with Gasteiger partial charge in [-0.1, -0.05) is 12.1 Å². The van der Waals surface area contributed by atoms with Crippen LogP contribution in [0, 0.1) is 5.92 Å². The number of nitrogen functional groups attached to an aromatic ring is 1. The van der Waals surface area contributed by atoms with Crippen LogP contribution in [0.1, 0.15) is 6.42 Å². The lowest BCUT2D eigenvalue weighted by atomic mass is 10.1. The number of hydrazine groups is 1. The zero-order valence-corrected chi connectivity index (χ0v) is 11.8. The maximum atomic E-state index is 12.2. The van der Waals surface area contributed by atoms with Crippen molar-refractivity contribution >= 4 is 15.7 Å². The molecule has 1 aromatic carbocycles. The molecule has 0 aliphatic carbocycles. The predicted octanol–water partition coefficient (Wildman–Crippen LogP) is 0.202. The first-order valence-electron chi connectivity index (χ1n) is 6.27. The number of sulfonamides is 1. The highest BCUT2D eigenvalue weighted by Crippen LogP contribution is 2.20. The molecule has 1 aromatic rings. The molecule has 0 radical (unpaired) electrons. The number of para-hydroxylation sites is 1. The lowest BCUT2D eigenvalue weighted by Gasteiger charge is -2.14. The van der Waals surface area contributed by atoms with E-state index in [4.69, 9.17) is 5.84 Å². The first-order valence-corrected chi connectivity index (χ1v) is 7.75. The van der Waals surface area contributed by atoms with Crippen molar-refractivity contribution in [2.75, 3.05) is 32.1 Å². The summed E-state index contributed by atoms with van der Waals surface area (Å²) in [7, 11) is -1.48. The lowest BCUT2D eigenvalue weighted by Crippen LogP contribution is -2.31. The molecule has 1 atom stereocenters. The Hall–Kier alpha value is -1.15. The average molecular weight is 284 g/mol. The number of benzene rings is 1. The normalized spacial score (nSPS) is 20.6. The highest BCUT2D eigenvalue weighted by Gasteiger charge is 2.23. The zero-order valence-electron chi connectivity index (χ0n) is 11.0. The van der Waals surface area contributed by atoms with Gasteiger partial charge in [-0.2, -0.15) is 0 Å². The minimum atomic E-state index is -3.52. The third-order valence-electron chi connectivity index (χ3n) is 3.38. The van der Waals surface area contributed by atoms with E-state index in [2.05, 4.69) is 15.0 Å². The average Bonchev–Trinajstić information content (AvgIpc) is 2.82. The van der Waals surface area contributed by atoms with Gasteiger partial charge in [-0.05, 0) is 38.1 Å². The van der Waals surface area contributed by atoms with E-state index in [0.717, 1.165) is 19.5 Å². The second kappa shape index (κ2) is 5.87. The summed E-state index contributed by atoms with van der Waals surface area (Å²) in [5, 5.41) is 0. The van der Waals surface area contributed by atoms with Gasteiger partial charge in [0.1, 0.15) is 4.90 Å². The van der Waals surface area contributed by atoms with Crippen molar-refractivity contribution in [3.8, 4) is 0 Å². The number of likely N-dealkylation sites (tertiary alicyclic amines) is 1. The fourth-order valence-corrected chi connectivity index (χ4v) is 3.60. The van der Waals surface area contributed by atoms with Crippen LogP contribution in [0.3, 0.4) is 0 Å². The number of rotatable bonds is 5. The van der Waals surface area contributed by atoms with E-state index < -0.39 is 10.0 Å². The second-order valence-corrected chi connectivity index (χ2v) is 6.64. The van der Waals surface area contributed by atoms with Gasteiger partial charge < -0.3 is 10.3 Å². The molecule has 4 N–H and O–H groups in total. The standard InChI is InChI=1S/C12H20N4O2S/c1-16-7-6-10(9-16)8-14-19(17,18)12-5-3-2-4-11(12)15-13/h2-5,10,14-15H,6-9,13H2,1H3. The van der Waals surface area contributed by atoms with Crippen LogP contribution in [-0.2, 0) is 10.0 Å². The monoisotopic (exact) mass is 284 g/mol. The lowest BCUT2D eigenvalue weighted by molar-refractivity contribution is 0.394. The molecular weight excluding hydrogens is 264 g/mol. The van der Waals surface area contributed by atoms with Crippen molar-refractivity contribution in [3.05, 3.63) is 24.3 Å². The first kappa shape index (κ1) is 14.3. The highest BCUT2D eigenvalue weighted by molar-refractivity contribution is 7.89. The van der Waals surface area contributed by atoms with Gasteiger partial charge >= 0.3 is 0 Å². The van der Waals surface area contributed by atoms with Gasteiger partial charge in [-0.3, -0.25) is 5.84 Å². The molecule has 1 aliphatic heterocycles. The van der Waals surface area contributed by atoms with Crippen LogP contribution in [0.25, 0.3) is 0 Å². The summed E-state index contributed by atoms with van der Waals surface area (Å²) in [6, 6.07) is 6.59. The van der Waals surface area contributed by atoms with E-state index in [1.165, 1.54) is 6.07 Å². The Morgan fingerprint density at radius 2 is 2.16 bits per heavy atom. The summed E-state index contributed by atoms with van der Waals surface area (Å²) in [6.07, 6.45) is 1.02. The van der Waals surface area contributed by atoms with Gasteiger partial charge in [0.15, 0.2) is 0 Å². The van der Waals surface area contributed by atoms with Gasteiger partial charge in [-0.25, -0.2) is 13.1 Å². The molecule has 7 heteroatoms.